The first-order valence-corrected chi connectivity index (χ1v) is 8.56. The summed E-state index contributed by atoms with van der Waals surface area (Å²) in [5, 5.41) is 8.88. The Morgan fingerprint density at radius 2 is 1.73 bits per heavy atom. The lowest BCUT2D eigenvalue weighted by molar-refractivity contribution is -0.142. The Kier molecular flexibility index (Phi) is 4.81. The van der Waals surface area contributed by atoms with E-state index in [1.807, 2.05) is 36.4 Å². The zero-order chi connectivity index (χ0) is 18.7. The summed E-state index contributed by atoms with van der Waals surface area (Å²) in [4.78, 5) is 11.6. The molecule has 2 atom stereocenters. The van der Waals surface area contributed by atoms with E-state index in [1.165, 1.54) is 0 Å². The molecule has 26 heavy (non-hydrogen) atoms. The number of rotatable bonds is 6. The molecule has 0 heterocycles. The summed E-state index contributed by atoms with van der Waals surface area (Å²) in [6.45, 7) is 7.54. The molecule has 1 saturated carbocycles. The van der Waals surface area contributed by atoms with Crippen molar-refractivity contribution >= 4 is 5.97 Å². The van der Waals surface area contributed by atoms with Crippen LogP contribution in [-0.4, -0.2) is 18.2 Å². The van der Waals surface area contributed by atoms with Gasteiger partial charge in [0.2, 0.25) is 0 Å². The number of carbonyl (C=O) groups is 1. The van der Waals surface area contributed by atoms with E-state index in [1.54, 1.807) is 19.1 Å². The van der Waals surface area contributed by atoms with E-state index >= 15 is 0 Å². The van der Waals surface area contributed by atoms with Crippen LogP contribution in [0.2, 0.25) is 0 Å². The summed E-state index contributed by atoms with van der Waals surface area (Å²) in [6, 6.07) is 17.4. The van der Waals surface area contributed by atoms with Gasteiger partial charge in [-0.1, -0.05) is 37.8 Å². The maximum Gasteiger partial charge on any atom is 0.333 e. The maximum absolute atomic E-state index is 11.6. The maximum atomic E-state index is 11.6. The lowest BCUT2D eigenvalue weighted by Gasteiger charge is -2.19. The van der Waals surface area contributed by atoms with Crippen molar-refractivity contribution in [2.45, 2.75) is 25.9 Å². The molecule has 0 bridgehead atoms. The number of ether oxygens (including phenoxy) is 2. The lowest BCUT2D eigenvalue weighted by Crippen LogP contribution is -2.29. The summed E-state index contributed by atoms with van der Waals surface area (Å²) in [5.41, 5.74) is 2.68. The SMILES string of the molecule is C=C(C)C(=O)OC[C@]1(Oc2ccc(-c3ccc(C#N)cc3)cc2)C[C@@H]1C. The fraction of sp³-hybridized carbons (Fsp3) is 0.273. The molecule has 2 aromatic rings. The van der Waals surface area contributed by atoms with E-state index in [0.717, 1.165) is 23.3 Å². The number of nitriles is 1. The summed E-state index contributed by atoms with van der Waals surface area (Å²) >= 11 is 0. The number of hydrogen-bond donors (Lipinski definition) is 0. The van der Waals surface area contributed by atoms with Crippen LogP contribution in [-0.2, 0) is 9.53 Å². The van der Waals surface area contributed by atoms with Crippen LogP contribution < -0.4 is 4.74 Å². The minimum absolute atomic E-state index is 0.233. The molecule has 3 rings (SSSR count). The number of nitrogens with zero attached hydrogens (tertiary/aromatic N) is 1. The highest BCUT2D eigenvalue weighted by atomic mass is 16.6. The largest absolute Gasteiger partial charge is 0.483 e. The van der Waals surface area contributed by atoms with E-state index in [4.69, 9.17) is 14.7 Å². The molecule has 0 N–H and O–H groups in total. The molecular formula is C22H21NO3. The predicted molar refractivity (Wildman–Crippen MR) is 99.5 cm³/mol. The van der Waals surface area contributed by atoms with Gasteiger partial charge < -0.3 is 9.47 Å². The fourth-order valence-corrected chi connectivity index (χ4v) is 2.83. The Bertz CT molecular complexity index is 862. The third-order valence-corrected chi connectivity index (χ3v) is 4.71. The summed E-state index contributed by atoms with van der Waals surface area (Å²) in [5.74, 6) is 0.694. The second kappa shape index (κ2) is 7.05. The molecule has 0 saturated heterocycles. The summed E-state index contributed by atoms with van der Waals surface area (Å²) < 4.78 is 11.4. The Morgan fingerprint density at radius 3 is 2.19 bits per heavy atom. The molecular weight excluding hydrogens is 326 g/mol. The summed E-state index contributed by atoms with van der Waals surface area (Å²) in [7, 11) is 0. The monoisotopic (exact) mass is 347 g/mol. The van der Waals surface area contributed by atoms with Crippen LogP contribution in [0.15, 0.2) is 60.7 Å². The van der Waals surface area contributed by atoms with E-state index in [9.17, 15) is 4.79 Å². The molecule has 0 aromatic heterocycles. The van der Waals surface area contributed by atoms with Gasteiger partial charge in [0.1, 0.15) is 18.0 Å². The molecule has 0 aliphatic heterocycles. The van der Waals surface area contributed by atoms with E-state index in [2.05, 4.69) is 19.6 Å². The van der Waals surface area contributed by atoms with Crippen LogP contribution in [0.3, 0.4) is 0 Å². The van der Waals surface area contributed by atoms with Crippen LogP contribution in [0.1, 0.15) is 25.8 Å². The second-order valence-corrected chi connectivity index (χ2v) is 6.84. The van der Waals surface area contributed by atoms with Gasteiger partial charge in [0, 0.05) is 11.5 Å². The van der Waals surface area contributed by atoms with Gasteiger partial charge in [-0.05, 0) is 48.7 Å². The molecule has 0 spiro atoms. The van der Waals surface area contributed by atoms with Crippen molar-refractivity contribution < 1.29 is 14.3 Å². The molecule has 1 aliphatic carbocycles. The van der Waals surface area contributed by atoms with Crippen molar-refractivity contribution in [2.24, 2.45) is 5.92 Å². The van der Waals surface area contributed by atoms with Gasteiger partial charge in [-0.15, -0.1) is 0 Å². The van der Waals surface area contributed by atoms with Gasteiger partial charge in [0.15, 0.2) is 0 Å². The Labute approximate surface area is 153 Å². The average Bonchev–Trinajstić information content (AvgIpc) is 3.29. The van der Waals surface area contributed by atoms with Gasteiger partial charge in [0.05, 0.1) is 11.6 Å². The first-order valence-electron chi connectivity index (χ1n) is 8.56. The normalized spacial score (nSPS) is 20.7. The van der Waals surface area contributed by atoms with Crippen molar-refractivity contribution in [2.75, 3.05) is 6.61 Å². The standard InChI is InChI=1S/C22H21NO3/c1-15(2)21(24)25-14-22(12-16(22)3)26-20-10-8-19(9-11-20)18-6-4-17(13-23)5-7-18/h4-11,16H,1,12,14H2,2-3H3/t16-,22+/m0/s1. The quantitative estimate of drug-likeness (QED) is 0.570. The van der Waals surface area contributed by atoms with Gasteiger partial charge in [-0.3, -0.25) is 0 Å². The Morgan fingerprint density at radius 1 is 1.19 bits per heavy atom. The highest BCUT2D eigenvalue weighted by Crippen LogP contribution is 2.47. The van der Waals surface area contributed by atoms with Gasteiger partial charge in [0.25, 0.3) is 0 Å². The molecule has 132 valence electrons. The number of hydrogen-bond acceptors (Lipinski definition) is 4. The Hall–Kier alpha value is -3.06. The van der Waals surface area contributed by atoms with E-state index < -0.39 is 5.60 Å². The van der Waals surface area contributed by atoms with Gasteiger partial charge >= 0.3 is 5.97 Å². The van der Waals surface area contributed by atoms with Crippen molar-refractivity contribution in [3.63, 3.8) is 0 Å². The third kappa shape index (κ3) is 3.78. The van der Waals surface area contributed by atoms with Crippen molar-refractivity contribution in [1.29, 1.82) is 5.26 Å². The van der Waals surface area contributed by atoms with E-state index in [-0.39, 0.29) is 12.6 Å². The first kappa shape index (κ1) is 17.8. The summed E-state index contributed by atoms with van der Waals surface area (Å²) in [6.07, 6.45) is 0.855. The first-order chi connectivity index (χ1) is 12.4. The zero-order valence-corrected chi connectivity index (χ0v) is 15.0. The Balaban J connectivity index is 1.67. The van der Waals surface area contributed by atoms with Gasteiger partial charge in [-0.2, -0.15) is 5.26 Å². The molecule has 0 radical (unpaired) electrons. The van der Waals surface area contributed by atoms with Crippen LogP contribution >= 0.6 is 0 Å². The molecule has 1 fully saturated rings. The second-order valence-electron chi connectivity index (χ2n) is 6.84. The van der Waals surface area contributed by atoms with Crippen LogP contribution in [0.5, 0.6) is 5.75 Å². The van der Waals surface area contributed by atoms with Gasteiger partial charge in [-0.25, -0.2) is 4.79 Å². The highest BCUT2D eigenvalue weighted by molar-refractivity contribution is 5.87. The predicted octanol–water partition coefficient (Wildman–Crippen LogP) is 4.50. The van der Waals surface area contributed by atoms with Crippen LogP contribution in [0.4, 0.5) is 0 Å². The molecule has 4 nitrogen and oxygen atoms in total. The highest BCUT2D eigenvalue weighted by Gasteiger charge is 2.55. The fourth-order valence-electron chi connectivity index (χ4n) is 2.83. The smallest absolute Gasteiger partial charge is 0.333 e. The van der Waals surface area contributed by atoms with E-state index in [0.29, 0.717) is 17.1 Å². The van der Waals surface area contributed by atoms with Crippen LogP contribution in [0.25, 0.3) is 11.1 Å². The van der Waals surface area contributed by atoms with Crippen molar-refractivity contribution in [1.82, 2.24) is 0 Å². The lowest BCUT2D eigenvalue weighted by atomic mass is 10.0. The molecule has 0 unspecified atom stereocenters. The number of esters is 1. The molecule has 4 heteroatoms. The number of benzene rings is 2. The van der Waals surface area contributed by atoms with Crippen molar-refractivity contribution in [3.8, 4) is 22.9 Å². The topological polar surface area (TPSA) is 59.3 Å². The molecule has 1 aliphatic rings. The molecule has 0 amide bonds. The minimum atomic E-state index is -0.443. The minimum Gasteiger partial charge on any atom is -0.483 e. The van der Waals surface area contributed by atoms with Crippen LogP contribution in [0, 0.1) is 17.2 Å². The third-order valence-electron chi connectivity index (χ3n) is 4.71. The van der Waals surface area contributed by atoms with Crippen molar-refractivity contribution in [3.05, 3.63) is 66.2 Å². The number of carbonyl (C=O) groups excluding carboxylic acids is 1. The molecule has 2 aromatic carbocycles. The zero-order valence-electron chi connectivity index (χ0n) is 15.0. The average molecular weight is 347 g/mol.